The molecule has 2 heterocycles. The van der Waals surface area contributed by atoms with Crippen LogP contribution in [0.4, 0.5) is 0 Å². The summed E-state index contributed by atoms with van der Waals surface area (Å²) in [4.78, 5) is 16.3. The molecule has 0 unspecified atom stereocenters. The van der Waals surface area contributed by atoms with Crippen LogP contribution in [0.1, 0.15) is 39.2 Å². The van der Waals surface area contributed by atoms with E-state index in [0.29, 0.717) is 6.54 Å². The molecule has 0 spiro atoms. The van der Waals surface area contributed by atoms with Crippen molar-refractivity contribution in [3.05, 3.63) is 23.9 Å². The molecule has 2 N–H and O–H groups in total. The van der Waals surface area contributed by atoms with Gasteiger partial charge in [-0.2, -0.15) is 0 Å². The highest BCUT2D eigenvalue weighted by molar-refractivity contribution is 8.00. The van der Waals surface area contributed by atoms with E-state index in [0.717, 1.165) is 30.0 Å². The van der Waals surface area contributed by atoms with Gasteiger partial charge in [-0.15, -0.1) is 11.8 Å². The molecule has 0 saturated carbocycles. The number of nitrogens with one attached hydrogen (secondary N) is 2. The van der Waals surface area contributed by atoms with E-state index in [4.69, 9.17) is 0 Å². The van der Waals surface area contributed by atoms with Crippen LogP contribution in [0.5, 0.6) is 0 Å². The first-order valence-electron chi connectivity index (χ1n) is 7.09. The van der Waals surface area contributed by atoms with Gasteiger partial charge in [0, 0.05) is 17.5 Å². The Morgan fingerprint density at radius 3 is 3.00 bits per heavy atom. The monoisotopic (exact) mass is 293 g/mol. The molecule has 1 atom stereocenters. The zero-order valence-corrected chi connectivity index (χ0v) is 13.2. The van der Waals surface area contributed by atoms with E-state index < -0.39 is 0 Å². The molecule has 1 fully saturated rings. The Morgan fingerprint density at radius 1 is 1.55 bits per heavy atom. The van der Waals surface area contributed by atoms with Crippen LogP contribution in [0.2, 0.25) is 0 Å². The number of carbonyl (C=O) groups excluding carboxylic acids is 1. The average Bonchev–Trinajstić information content (AvgIpc) is 2.88. The minimum Gasteiger partial charge on any atom is -0.351 e. The second kappa shape index (κ2) is 6.59. The SMILES string of the molecule is CC(C)(C)Sc1cc(CNC(=O)[C@H]2CCCN2)ccn1. The summed E-state index contributed by atoms with van der Waals surface area (Å²) in [6.07, 6.45) is 3.83. The molecule has 1 aromatic heterocycles. The number of pyridine rings is 1. The van der Waals surface area contributed by atoms with Gasteiger partial charge in [0.15, 0.2) is 0 Å². The minimum atomic E-state index is -0.0137. The van der Waals surface area contributed by atoms with Crippen LogP contribution in [-0.4, -0.2) is 28.2 Å². The first-order chi connectivity index (χ1) is 9.44. The topological polar surface area (TPSA) is 54.0 Å². The van der Waals surface area contributed by atoms with Crippen molar-refractivity contribution in [2.24, 2.45) is 0 Å². The molecule has 110 valence electrons. The summed E-state index contributed by atoms with van der Waals surface area (Å²) in [6, 6.07) is 3.99. The number of thioether (sulfide) groups is 1. The van der Waals surface area contributed by atoms with E-state index in [1.54, 1.807) is 11.8 Å². The van der Waals surface area contributed by atoms with Crippen molar-refractivity contribution in [1.82, 2.24) is 15.6 Å². The van der Waals surface area contributed by atoms with E-state index in [-0.39, 0.29) is 16.7 Å². The Balaban J connectivity index is 1.89. The molecule has 1 aromatic rings. The molecule has 1 aliphatic heterocycles. The van der Waals surface area contributed by atoms with Gasteiger partial charge in [-0.1, -0.05) is 20.8 Å². The third kappa shape index (κ3) is 4.80. The Bertz CT molecular complexity index is 464. The van der Waals surface area contributed by atoms with Gasteiger partial charge in [0.05, 0.1) is 11.1 Å². The normalized spacial score (nSPS) is 19.1. The zero-order chi connectivity index (χ0) is 14.6. The lowest BCUT2D eigenvalue weighted by Crippen LogP contribution is -2.40. The molecule has 0 aromatic carbocycles. The fraction of sp³-hybridized carbons (Fsp3) is 0.600. The Labute approximate surface area is 125 Å². The van der Waals surface area contributed by atoms with Crippen molar-refractivity contribution in [3.63, 3.8) is 0 Å². The molecule has 2 rings (SSSR count). The van der Waals surface area contributed by atoms with Gasteiger partial charge < -0.3 is 10.6 Å². The van der Waals surface area contributed by atoms with E-state index in [1.807, 2.05) is 12.3 Å². The van der Waals surface area contributed by atoms with Gasteiger partial charge >= 0.3 is 0 Å². The summed E-state index contributed by atoms with van der Waals surface area (Å²) in [7, 11) is 0. The zero-order valence-electron chi connectivity index (χ0n) is 12.4. The summed E-state index contributed by atoms with van der Waals surface area (Å²) in [5.41, 5.74) is 1.10. The molecular weight excluding hydrogens is 270 g/mol. The molecular formula is C15H23N3OS. The Hall–Kier alpha value is -1.07. The predicted molar refractivity (Wildman–Crippen MR) is 82.7 cm³/mol. The van der Waals surface area contributed by atoms with Gasteiger partial charge in [0.2, 0.25) is 5.91 Å². The highest BCUT2D eigenvalue weighted by Crippen LogP contribution is 2.30. The number of carbonyl (C=O) groups is 1. The van der Waals surface area contributed by atoms with Gasteiger partial charge in [0.25, 0.3) is 0 Å². The number of hydrogen-bond donors (Lipinski definition) is 2. The molecule has 20 heavy (non-hydrogen) atoms. The lowest BCUT2D eigenvalue weighted by atomic mass is 10.2. The number of amides is 1. The summed E-state index contributed by atoms with van der Waals surface area (Å²) in [6.45, 7) is 8.01. The maximum atomic E-state index is 11.9. The fourth-order valence-electron chi connectivity index (χ4n) is 2.15. The average molecular weight is 293 g/mol. The lowest BCUT2D eigenvalue weighted by Gasteiger charge is -2.17. The van der Waals surface area contributed by atoms with Crippen molar-refractivity contribution in [2.45, 2.75) is 56.0 Å². The smallest absolute Gasteiger partial charge is 0.237 e. The third-order valence-corrected chi connectivity index (χ3v) is 4.10. The summed E-state index contributed by atoms with van der Waals surface area (Å²) in [5, 5.41) is 7.20. The summed E-state index contributed by atoms with van der Waals surface area (Å²) >= 11 is 1.74. The van der Waals surface area contributed by atoms with Crippen molar-refractivity contribution < 1.29 is 4.79 Å². The van der Waals surface area contributed by atoms with Crippen LogP contribution < -0.4 is 10.6 Å². The molecule has 0 bridgehead atoms. The highest BCUT2D eigenvalue weighted by Gasteiger charge is 2.21. The van der Waals surface area contributed by atoms with Crippen molar-refractivity contribution in [3.8, 4) is 0 Å². The predicted octanol–water partition coefficient (Wildman–Crippen LogP) is 2.34. The van der Waals surface area contributed by atoms with E-state index in [9.17, 15) is 4.79 Å². The van der Waals surface area contributed by atoms with Crippen LogP contribution in [0.15, 0.2) is 23.4 Å². The number of aromatic nitrogens is 1. The Morgan fingerprint density at radius 2 is 2.35 bits per heavy atom. The molecule has 1 saturated heterocycles. The van der Waals surface area contributed by atoms with E-state index in [2.05, 4.69) is 42.5 Å². The lowest BCUT2D eigenvalue weighted by molar-refractivity contribution is -0.122. The Kier molecular flexibility index (Phi) is 5.05. The fourth-order valence-corrected chi connectivity index (χ4v) is 3.10. The van der Waals surface area contributed by atoms with Crippen LogP contribution in [0.25, 0.3) is 0 Å². The van der Waals surface area contributed by atoms with Crippen molar-refractivity contribution >= 4 is 17.7 Å². The van der Waals surface area contributed by atoms with Gasteiger partial charge in [0.1, 0.15) is 0 Å². The van der Waals surface area contributed by atoms with Crippen LogP contribution in [-0.2, 0) is 11.3 Å². The van der Waals surface area contributed by atoms with Gasteiger partial charge in [-0.25, -0.2) is 4.98 Å². The second-order valence-corrected chi connectivity index (χ2v) is 7.93. The second-order valence-electron chi connectivity index (χ2n) is 6.08. The van der Waals surface area contributed by atoms with Gasteiger partial charge in [-0.05, 0) is 37.1 Å². The van der Waals surface area contributed by atoms with E-state index >= 15 is 0 Å². The quantitative estimate of drug-likeness (QED) is 0.837. The molecule has 5 heteroatoms. The molecule has 0 radical (unpaired) electrons. The van der Waals surface area contributed by atoms with Crippen LogP contribution in [0.3, 0.4) is 0 Å². The largest absolute Gasteiger partial charge is 0.351 e. The number of rotatable bonds is 4. The minimum absolute atomic E-state index is 0.0137. The summed E-state index contributed by atoms with van der Waals surface area (Å²) in [5.74, 6) is 0.101. The van der Waals surface area contributed by atoms with Crippen molar-refractivity contribution in [2.75, 3.05) is 6.54 Å². The molecule has 1 aliphatic rings. The van der Waals surface area contributed by atoms with E-state index in [1.165, 1.54) is 0 Å². The maximum Gasteiger partial charge on any atom is 0.237 e. The van der Waals surface area contributed by atoms with Crippen LogP contribution >= 0.6 is 11.8 Å². The van der Waals surface area contributed by atoms with Crippen LogP contribution in [0, 0.1) is 0 Å². The molecule has 0 aliphatic carbocycles. The maximum absolute atomic E-state index is 11.9. The number of nitrogens with zero attached hydrogens (tertiary/aromatic N) is 1. The number of hydrogen-bond acceptors (Lipinski definition) is 4. The molecule has 1 amide bonds. The molecule has 4 nitrogen and oxygen atoms in total. The first kappa shape index (κ1) is 15.3. The third-order valence-electron chi connectivity index (χ3n) is 3.05. The van der Waals surface area contributed by atoms with Gasteiger partial charge in [-0.3, -0.25) is 4.79 Å². The first-order valence-corrected chi connectivity index (χ1v) is 7.91. The highest BCUT2D eigenvalue weighted by atomic mass is 32.2. The van der Waals surface area contributed by atoms with Crippen molar-refractivity contribution in [1.29, 1.82) is 0 Å². The summed E-state index contributed by atoms with van der Waals surface area (Å²) < 4.78 is 0.142. The standard InChI is InChI=1S/C15H23N3OS/c1-15(2,3)20-13-9-11(6-8-17-13)10-18-14(19)12-5-4-7-16-12/h6,8-9,12,16H,4-5,7,10H2,1-3H3,(H,18,19)/t12-/m1/s1.